The number of rotatable bonds is 2. The molecule has 0 saturated heterocycles. The molecule has 0 bridgehead atoms. The second kappa shape index (κ2) is 2.31. The third-order valence-corrected chi connectivity index (χ3v) is 1.01. The van der Waals surface area contributed by atoms with E-state index in [2.05, 4.69) is 6.58 Å². The lowest BCUT2D eigenvalue weighted by molar-refractivity contribution is 0.363. The Bertz CT molecular complexity index is 137. The predicted octanol–water partition coefficient (Wildman–Crippen LogP) is 0.202. The van der Waals surface area contributed by atoms with Crippen LogP contribution >= 0.6 is 7.75 Å². The first-order valence-corrected chi connectivity index (χ1v) is 3.52. The molecule has 0 aromatic heterocycles. The maximum absolute atomic E-state index is 9.96. The van der Waals surface area contributed by atoms with E-state index in [1.54, 1.807) is 0 Å². The fourth-order valence-corrected chi connectivity index (χ4v) is 0.746. The fourth-order valence-electron chi connectivity index (χ4n) is 0.249. The summed E-state index contributed by atoms with van der Waals surface area (Å²) in [5, 5.41) is 1.85. The summed E-state index contributed by atoms with van der Waals surface area (Å²) < 4.78 is 9.96. The highest BCUT2D eigenvalue weighted by atomic mass is 31.2. The highest BCUT2D eigenvalue weighted by Gasteiger charge is 2.09. The molecule has 8 heavy (non-hydrogen) atoms. The van der Waals surface area contributed by atoms with Crippen molar-refractivity contribution in [2.45, 2.75) is 6.92 Å². The van der Waals surface area contributed by atoms with Crippen molar-refractivity contribution in [2.75, 3.05) is 0 Å². The SMILES string of the molecule is C=C(C)NP(=O)(O)O. The minimum Gasteiger partial charge on any atom is -0.308 e. The number of hydrogen-bond donors (Lipinski definition) is 3. The van der Waals surface area contributed by atoms with Gasteiger partial charge in [0.1, 0.15) is 0 Å². The summed E-state index contributed by atoms with van der Waals surface area (Å²) in [5.74, 6) is 0. The van der Waals surface area contributed by atoms with Gasteiger partial charge in [-0.25, -0.2) is 4.57 Å². The van der Waals surface area contributed by atoms with Gasteiger partial charge in [0.15, 0.2) is 0 Å². The van der Waals surface area contributed by atoms with Crippen molar-refractivity contribution in [2.24, 2.45) is 0 Å². The van der Waals surface area contributed by atoms with Gasteiger partial charge in [-0.05, 0) is 6.92 Å². The molecule has 0 heterocycles. The third-order valence-electron chi connectivity index (χ3n) is 0.337. The van der Waals surface area contributed by atoms with Gasteiger partial charge in [-0.2, -0.15) is 0 Å². The molecule has 0 aliphatic heterocycles. The molecule has 5 heteroatoms. The smallest absolute Gasteiger partial charge is 0.308 e. The number of hydrogen-bond acceptors (Lipinski definition) is 1. The minimum absolute atomic E-state index is 0.262. The average Bonchev–Trinajstić information content (AvgIpc) is 1.21. The van der Waals surface area contributed by atoms with E-state index in [0.29, 0.717) is 0 Å². The lowest BCUT2D eigenvalue weighted by Crippen LogP contribution is -2.04. The van der Waals surface area contributed by atoms with E-state index >= 15 is 0 Å². The Hall–Kier alpha value is -0.310. The molecule has 3 N–H and O–H groups in total. The van der Waals surface area contributed by atoms with Crippen LogP contribution in [0.3, 0.4) is 0 Å². The third kappa shape index (κ3) is 5.69. The van der Waals surface area contributed by atoms with Crippen molar-refractivity contribution in [3.63, 3.8) is 0 Å². The zero-order valence-electron chi connectivity index (χ0n) is 4.46. The molecule has 4 nitrogen and oxygen atoms in total. The van der Waals surface area contributed by atoms with Crippen molar-refractivity contribution in [3.05, 3.63) is 12.3 Å². The van der Waals surface area contributed by atoms with Crippen LogP contribution in [0.1, 0.15) is 6.92 Å². The highest BCUT2D eigenvalue weighted by molar-refractivity contribution is 7.49. The van der Waals surface area contributed by atoms with Crippen LogP contribution in [0.4, 0.5) is 0 Å². The van der Waals surface area contributed by atoms with E-state index in [4.69, 9.17) is 9.79 Å². The first-order valence-electron chi connectivity index (χ1n) is 1.91. The molecule has 0 atom stereocenters. The van der Waals surface area contributed by atoms with Crippen molar-refractivity contribution < 1.29 is 14.4 Å². The monoisotopic (exact) mass is 137 g/mol. The highest BCUT2D eigenvalue weighted by Crippen LogP contribution is 2.29. The topological polar surface area (TPSA) is 69.6 Å². The van der Waals surface area contributed by atoms with Crippen LogP contribution in [0.5, 0.6) is 0 Å². The van der Waals surface area contributed by atoms with Crippen molar-refractivity contribution in [1.29, 1.82) is 0 Å². The van der Waals surface area contributed by atoms with Gasteiger partial charge in [0.25, 0.3) is 0 Å². The summed E-state index contributed by atoms with van der Waals surface area (Å²) >= 11 is 0. The molecule has 0 unspecified atom stereocenters. The molecule has 0 aliphatic rings. The quantitative estimate of drug-likeness (QED) is 0.475. The molecule has 0 saturated carbocycles. The summed E-state index contributed by atoms with van der Waals surface area (Å²) in [6, 6.07) is 0. The van der Waals surface area contributed by atoms with E-state index in [0.717, 1.165) is 0 Å². The Balaban J connectivity index is 3.74. The van der Waals surface area contributed by atoms with E-state index in [9.17, 15) is 4.57 Å². The number of nitrogens with one attached hydrogen (secondary N) is 1. The molecule has 0 fully saturated rings. The zero-order valence-corrected chi connectivity index (χ0v) is 5.35. The van der Waals surface area contributed by atoms with Crippen LogP contribution in [-0.4, -0.2) is 9.79 Å². The van der Waals surface area contributed by atoms with Crippen LogP contribution in [-0.2, 0) is 4.57 Å². The molecule has 0 aliphatic carbocycles. The van der Waals surface area contributed by atoms with Gasteiger partial charge in [0.2, 0.25) is 0 Å². The fraction of sp³-hybridized carbons (Fsp3) is 0.333. The Morgan fingerprint density at radius 2 is 2.12 bits per heavy atom. The average molecular weight is 137 g/mol. The maximum Gasteiger partial charge on any atom is 0.427 e. The van der Waals surface area contributed by atoms with Gasteiger partial charge >= 0.3 is 7.75 Å². The molecule has 0 amide bonds. The Labute approximate surface area is 47.4 Å². The molecule has 0 rings (SSSR count). The summed E-state index contributed by atoms with van der Waals surface area (Å²) in [7, 11) is -4.07. The molecular formula is C3H8NO3P. The minimum atomic E-state index is -4.07. The van der Waals surface area contributed by atoms with E-state index in [-0.39, 0.29) is 5.70 Å². The van der Waals surface area contributed by atoms with Crippen molar-refractivity contribution >= 4 is 7.75 Å². The normalized spacial score (nSPS) is 10.9. The maximum atomic E-state index is 9.96. The predicted molar refractivity (Wildman–Crippen MR) is 30.0 cm³/mol. The standard InChI is InChI=1S/C3H8NO3P/c1-3(2)4-8(5,6)7/h1H2,2H3,(H3,4,5,6,7). The molecule has 0 aromatic rings. The summed E-state index contributed by atoms with van der Waals surface area (Å²) in [4.78, 5) is 16.3. The zero-order chi connectivity index (χ0) is 6.78. The van der Waals surface area contributed by atoms with E-state index < -0.39 is 7.75 Å². The van der Waals surface area contributed by atoms with Crippen LogP contribution < -0.4 is 5.09 Å². The second-order valence-corrected chi connectivity index (χ2v) is 2.75. The molecule has 48 valence electrons. The van der Waals surface area contributed by atoms with Gasteiger partial charge in [-0.15, -0.1) is 0 Å². The lowest BCUT2D eigenvalue weighted by atomic mass is 10.6. The van der Waals surface area contributed by atoms with Crippen LogP contribution in [0.15, 0.2) is 12.3 Å². The van der Waals surface area contributed by atoms with Crippen LogP contribution in [0.2, 0.25) is 0 Å². The first kappa shape index (κ1) is 7.69. The lowest BCUT2D eigenvalue weighted by Gasteiger charge is -2.04. The Morgan fingerprint density at radius 1 is 1.75 bits per heavy atom. The van der Waals surface area contributed by atoms with Crippen LogP contribution in [0, 0.1) is 0 Å². The second-order valence-electron chi connectivity index (χ2n) is 1.44. The largest absolute Gasteiger partial charge is 0.427 e. The van der Waals surface area contributed by atoms with Crippen molar-refractivity contribution in [3.8, 4) is 0 Å². The summed E-state index contributed by atoms with van der Waals surface area (Å²) in [6.45, 7) is 4.71. The van der Waals surface area contributed by atoms with Gasteiger partial charge in [0.05, 0.1) is 0 Å². The van der Waals surface area contributed by atoms with Gasteiger partial charge in [-0.1, -0.05) is 6.58 Å². The van der Waals surface area contributed by atoms with E-state index in [1.807, 2.05) is 5.09 Å². The molecule has 0 radical (unpaired) electrons. The van der Waals surface area contributed by atoms with Crippen molar-refractivity contribution in [1.82, 2.24) is 5.09 Å². The van der Waals surface area contributed by atoms with E-state index in [1.165, 1.54) is 6.92 Å². The molecular weight excluding hydrogens is 129 g/mol. The first-order chi connectivity index (χ1) is 3.42. The number of allylic oxidation sites excluding steroid dienone is 1. The summed E-state index contributed by atoms with van der Waals surface area (Å²) in [6.07, 6.45) is 0. The Morgan fingerprint density at radius 3 is 2.12 bits per heavy atom. The van der Waals surface area contributed by atoms with Gasteiger partial charge in [0, 0.05) is 5.70 Å². The summed E-state index contributed by atoms with van der Waals surface area (Å²) in [5.41, 5.74) is 0.262. The van der Waals surface area contributed by atoms with Crippen LogP contribution in [0.25, 0.3) is 0 Å². The molecule has 0 spiro atoms. The Kier molecular flexibility index (Phi) is 2.22. The van der Waals surface area contributed by atoms with Gasteiger partial charge < -0.3 is 9.79 Å². The molecule has 0 aromatic carbocycles. The van der Waals surface area contributed by atoms with Gasteiger partial charge in [-0.3, -0.25) is 5.09 Å².